The van der Waals surface area contributed by atoms with Crippen LogP contribution in [0.2, 0.25) is 0 Å². The summed E-state index contributed by atoms with van der Waals surface area (Å²) in [6, 6.07) is 48.0. The monoisotopic (exact) mass is 1270 g/mol. The molecule has 91 heavy (non-hydrogen) atoms. The summed E-state index contributed by atoms with van der Waals surface area (Å²) in [6.07, 6.45) is 20.8. The molecule has 518 valence electrons. The predicted octanol–water partition coefficient (Wildman–Crippen LogP) is 26.7. The summed E-state index contributed by atoms with van der Waals surface area (Å²) < 4.78 is 15.5. The predicted molar refractivity (Wildman–Crippen MR) is 418 cm³/mol. The van der Waals surface area contributed by atoms with Crippen molar-refractivity contribution >= 4 is 17.4 Å². The van der Waals surface area contributed by atoms with Crippen LogP contribution in [-0.4, -0.2) is 35.7 Å². The van der Waals surface area contributed by atoms with Crippen molar-refractivity contribution in [3.8, 4) is 17.2 Å². The Morgan fingerprint density at radius 2 is 0.725 bits per heavy atom. The highest BCUT2D eigenvalue weighted by atomic mass is 32.2. The van der Waals surface area contributed by atoms with E-state index in [2.05, 4.69) is 106 Å². The SMILES string of the molecule is CC.CC.CC.CC.CC.CC.CC.CC.CC.CC.CC.CC.CC.CC.c1cc2c(cn1)CCC2.c1ccc2c(c1)CCC2.c1ccc2c(c1)CCN2.c1ccc2c(c1)CCO2.c1ccc2c(c1)CCS2.c1ccc2c(c1)OCO2.c1cnc2c(c1)CCC2. The molecule has 0 atom stereocenters. The molecule has 7 aliphatic rings. The van der Waals surface area contributed by atoms with Crippen molar-refractivity contribution < 1.29 is 14.2 Å². The molecule has 2 aromatic heterocycles. The number of rotatable bonds is 0. The van der Waals surface area contributed by atoms with Crippen LogP contribution < -0.4 is 19.5 Å². The summed E-state index contributed by atoms with van der Waals surface area (Å²) in [7, 11) is 0. The van der Waals surface area contributed by atoms with Gasteiger partial charge in [0.1, 0.15) is 5.75 Å². The number of benzene rings is 5. The Balaban J connectivity index is -0.000000170. The first-order chi connectivity index (χ1) is 45.3. The van der Waals surface area contributed by atoms with Gasteiger partial charge in [0, 0.05) is 53.6 Å². The number of nitrogens with zero attached hydrogens (tertiary/aromatic N) is 2. The molecule has 0 radical (unpaired) electrons. The third-order valence-corrected chi connectivity index (χ3v) is 13.1. The first kappa shape index (κ1) is 98.5. The van der Waals surface area contributed by atoms with Crippen molar-refractivity contribution in [2.75, 3.05) is 31.0 Å². The van der Waals surface area contributed by atoms with Gasteiger partial charge in [0.15, 0.2) is 11.5 Å². The summed E-state index contributed by atoms with van der Waals surface area (Å²) in [6.45, 7) is 58.3. The molecule has 6 nitrogen and oxygen atoms in total. The Labute approximate surface area is 570 Å². The molecule has 0 spiro atoms. The number of aryl methyl sites for hydroxylation is 7. The zero-order chi connectivity index (χ0) is 70.7. The van der Waals surface area contributed by atoms with Gasteiger partial charge in [-0.15, -0.1) is 11.8 Å². The van der Waals surface area contributed by atoms with Crippen LogP contribution in [0.4, 0.5) is 5.69 Å². The zero-order valence-corrected chi connectivity index (χ0v) is 65.2. The molecule has 0 unspecified atom stereocenters. The number of anilines is 1. The average molecular weight is 1280 g/mol. The van der Waals surface area contributed by atoms with Crippen LogP contribution in [0.25, 0.3) is 0 Å². The van der Waals surface area contributed by atoms with Crippen molar-refractivity contribution in [2.45, 2.75) is 276 Å². The fourth-order valence-corrected chi connectivity index (χ4v) is 9.68. The van der Waals surface area contributed by atoms with Crippen LogP contribution in [0.3, 0.4) is 0 Å². The van der Waals surface area contributed by atoms with Gasteiger partial charge in [0.2, 0.25) is 6.79 Å². The number of aromatic nitrogens is 2. The fourth-order valence-electron chi connectivity index (χ4n) is 8.61. The second kappa shape index (κ2) is 80.0. The molecule has 0 saturated carbocycles. The molecule has 3 aliphatic carbocycles. The maximum Gasteiger partial charge on any atom is 0.231 e. The fraction of sp³-hybridized carbons (Fsp3) is 0.524. The van der Waals surface area contributed by atoms with Gasteiger partial charge in [-0.3, -0.25) is 9.97 Å². The van der Waals surface area contributed by atoms with Crippen LogP contribution in [-0.2, 0) is 57.8 Å². The van der Waals surface area contributed by atoms with Crippen LogP contribution in [0.1, 0.15) is 263 Å². The van der Waals surface area contributed by atoms with Crippen molar-refractivity contribution in [1.82, 2.24) is 9.97 Å². The molecule has 14 rings (SSSR count). The largest absolute Gasteiger partial charge is 0.493 e. The van der Waals surface area contributed by atoms with E-state index in [4.69, 9.17) is 14.2 Å². The first-order valence-corrected chi connectivity index (χ1v) is 37.7. The van der Waals surface area contributed by atoms with E-state index >= 15 is 0 Å². The molecule has 1 N–H and O–H groups in total. The Kier molecular flexibility index (Phi) is 86.7. The lowest BCUT2D eigenvalue weighted by Crippen LogP contribution is -1.92. The smallest absolute Gasteiger partial charge is 0.231 e. The van der Waals surface area contributed by atoms with Crippen LogP contribution in [0.15, 0.2) is 163 Å². The maximum atomic E-state index is 5.30. The third-order valence-electron chi connectivity index (χ3n) is 12.0. The molecule has 7 heteroatoms. The van der Waals surface area contributed by atoms with E-state index in [1.54, 1.807) is 11.1 Å². The number of pyridine rings is 2. The lowest BCUT2D eigenvalue weighted by Gasteiger charge is -1.94. The summed E-state index contributed by atoms with van der Waals surface area (Å²) >= 11 is 1.97. The van der Waals surface area contributed by atoms with Crippen LogP contribution in [0, 0.1) is 0 Å². The van der Waals surface area contributed by atoms with Gasteiger partial charge >= 0.3 is 0 Å². The average Bonchev–Trinajstić information content (AvgIpc) is 4.73. The van der Waals surface area contributed by atoms with Gasteiger partial charge in [0.25, 0.3) is 0 Å². The van der Waals surface area contributed by atoms with Gasteiger partial charge in [-0.25, -0.2) is 0 Å². The van der Waals surface area contributed by atoms with E-state index in [1.807, 2.05) is 273 Å². The van der Waals surface area contributed by atoms with E-state index < -0.39 is 0 Å². The Morgan fingerprint density at radius 1 is 0.319 bits per heavy atom. The number of para-hydroxylation sites is 4. The molecule has 0 saturated heterocycles. The van der Waals surface area contributed by atoms with E-state index in [0.717, 1.165) is 36.8 Å². The van der Waals surface area contributed by atoms with Crippen molar-refractivity contribution in [3.63, 3.8) is 0 Å². The molecular formula is C84H143N3O3S. The lowest BCUT2D eigenvalue weighted by atomic mass is 10.1. The molecule has 5 aromatic carbocycles. The van der Waals surface area contributed by atoms with Crippen LogP contribution >= 0.6 is 11.8 Å². The minimum Gasteiger partial charge on any atom is -0.493 e. The zero-order valence-electron chi connectivity index (χ0n) is 64.4. The molecular weight excluding hydrogens is 1130 g/mol. The number of nitrogens with one attached hydrogen (secondary N) is 1. The van der Waals surface area contributed by atoms with Gasteiger partial charge in [-0.2, -0.15) is 0 Å². The minimum absolute atomic E-state index is 0.360. The Hall–Kier alpha value is -6.05. The number of hydrogen-bond donors (Lipinski definition) is 1. The Morgan fingerprint density at radius 3 is 1.21 bits per heavy atom. The molecule has 4 aliphatic heterocycles. The summed E-state index contributed by atoms with van der Waals surface area (Å²) in [4.78, 5) is 9.80. The normalized spacial score (nSPS) is 11.3. The number of thioether (sulfide) groups is 1. The second-order valence-corrected chi connectivity index (χ2v) is 17.3. The summed E-state index contributed by atoms with van der Waals surface area (Å²) in [5, 5.41) is 3.30. The standard InChI is InChI=1S/C9H10.3C8H9N.C8H8O.C8H8S.C7H6O2.14C2H6/c1-2-5-9-7-3-6-8(9)4-1;1-3-7-4-2-6-9-8(7)5-1;1-2-7-4-5-9-6-8(7)3-1;3*1-2-4-8-7(3-1)5-6-9-8;1-2-4-7-6(3-1)8-5-9-7;14*1-2/h1-2,4-5H,3,6-7H2;2,4,6H,1,3,5H2;4-6H,1-3H2;1-4,9H,5-6H2;2*1-4H,5-6H2;1-4H,5H2;14*1-2H3. The maximum absolute atomic E-state index is 5.30. The van der Waals surface area contributed by atoms with Crippen molar-refractivity contribution in [1.29, 1.82) is 0 Å². The summed E-state index contributed by atoms with van der Waals surface area (Å²) in [5.74, 6) is 4.03. The van der Waals surface area contributed by atoms with E-state index in [9.17, 15) is 0 Å². The second-order valence-electron chi connectivity index (χ2n) is 16.2. The number of fused-ring (bicyclic) bond motifs is 7. The molecule has 0 fully saturated rings. The molecule has 0 amide bonds. The van der Waals surface area contributed by atoms with E-state index in [1.165, 1.54) is 126 Å². The first-order valence-electron chi connectivity index (χ1n) is 36.8. The molecule has 6 heterocycles. The van der Waals surface area contributed by atoms with Gasteiger partial charge in [-0.05, 0) is 158 Å². The highest BCUT2D eigenvalue weighted by molar-refractivity contribution is 7.99. The van der Waals surface area contributed by atoms with Crippen molar-refractivity contribution in [3.05, 3.63) is 208 Å². The minimum atomic E-state index is 0.360. The van der Waals surface area contributed by atoms with Gasteiger partial charge in [0.05, 0.1) is 6.61 Å². The Bertz CT molecular complexity index is 1860. The topological polar surface area (TPSA) is 65.5 Å². The lowest BCUT2D eigenvalue weighted by molar-refractivity contribution is 0.174. The molecule has 0 bridgehead atoms. The third kappa shape index (κ3) is 44.2. The van der Waals surface area contributed by atoms with E-state index in [0.29, 0.717) is 6.79 Å². The van der Waals surface area contributed by atoms with Crippen LogP contribution in [0.5, 0.6) is 17.2 Å². The summed E-state index contributed by atoms with van der Waals surface area (Å²) in [5.41, 5.74) is 14.5. The molecule has 7 aromatic rings. The van der Waals surface area contributed by atoms with E-state index in [-0.39, 0.29) is 0 Å². The quantitative estimate of drug-likeness (QED) is 0.162. The number of hydrogen-bond acceptors (Lipinski definition) is 7. The highest BCUT2D eigenvalue weighted by Crippen LogP contribution is 2.31. The number of ether oxygens (including phenoxy) is 3. The van der Waals surface area contributed by atoms with Crippen molar-refractivity contribution in [2.24, 2.45) is 0 Å². The van der Waals surface area contributed by atoms with Gasteiger partial charge < -0.3 is 19.5 Å². The van der Waals surface area contributed by atoms with Gasteiger partial charge in [-0.1, -0.05) is 291 Å². The highest BCUT2D eigenvalue weighted by Gasteiger charge is 2.13.